The Morgan fingerprint density at radius 2 is 1.73 bits per heavy atom. The maximum absolute atomic E-state index is 14.8. The summed E-state index contributed by atoms with van der Waals surface area (Å²) in [6, 6.07) is 21.0. The van der Waals surface area contributed by atoms with Crippen molar-refractivity contribution in [2.45, 2.75) is 25.9 Å². The van der Waals surface area contributed by atoms with Gasteiger partial charge in [0.2, 0.25) is 10.0 Å². The van der Waals surface area contributed by atoms with E-state index in [4.69, 9.17) is 12.2 Å². The first-order valence-electron chi connectivity index (χ1n) is 11.7. The molecule has 1 aliphatic heterocycles. The van der Waals surface area contributed by atoms with Crippen molar-refractivity contribution in [3.8, 4) is 5.69 Å². The highest BCUT2D eigenvalue weighted by molar-refractivity contribution is 7.92. The van der Waals surface area contributed by atoms with Gasteiger partial charge in [0.05, 0.1) is 29.7 Å². The Bertz CT molecular complexity index is 1570. The normalized spacial score (nSPS) is 17.6. The molecule has 0 saturated carbocycles. The SMILES string of the molecule is Cc1cc([C@H]2[C@H](c3ccccn3)NC(=S)N2c2ccc(NS(C)(=O)=O)cc2)c(C)n1-c1ccccc1F. The predicted octanol–water partition coefficient (Wildman–Crippen LogP) is 5.18. The summed E-state index contributed by atoms with van der Waals surface area (Å²) in [7, 11) is -3.40. The standard InChI is InChI=1S/C27H26FN5O2S2/c1-17-16-21(18(2)32(17)24-10-5-4-8-22(24)28)26-25(23-9-6-7-15-29-23)30-27(36)33(26)20-13-11-19(12-14-20)31-37(3,34)35/h4-16,25-26,31H,1-3H3,(H,30,36)/t25-,26-/m0/s1. The summed E-state index contributed by atoms with van der Waals surface area (Å²) in [5, 5.41) is 3.94. The minimum atomic E-state index is -3.40. The lowest BCUT2D eigenvalue weighted by Crippen LogP contribution is -2.29. The van der Waals surface area contributed by atoms with Crippen molar-refractivity contribution >= 4 is 38.7 Å². The number of anilines is 2. The lowest BCUT2D eigenvalue weighted by molar-refractivity contribution is 0.564. The fourth-order valence-electron chi connectivity index (χ4n) is 4.94. The number of hydrogen-bond acceptors (Lipinski definition) is 4. The van der Waals surface area contributed by atoms with Crippen LogP contribution in [0.2, 0.25) is 0 Å². The van der Waals surface area contributed by atoms with E-state index in [-0.39, 0.29) is 17.9 Å². The molecule has 2 aromatic carbocycles. The molecule has 10 heteroatoms. The van der Waals surface area contributed by atoms with Gasteiger partial charge in [0.15, 0.2) is 5.11 Å². The van der Waals surface area contributed by atoms with Crippen molar-refractivity contribution < 1.29 is 12.8 Å². The van der Waals surface area contributed by atoms with Crippen molar-refractivity contribution in [3.05, 3.63) is 107 Å². The number of para-hydroxylation sites is 1. The number of benzene rings is 2. The van der Waals surface area contributed by atoms with Crippen LogP contribution in [0.4, 0.5) is 15.8 Å². The molecule has 0 spiro atoms. The molecular weight excluding hydrogens is 509 g/mol. The van der Waals surface area contributed by atoms with Crippen molar-refractivity contribution in [2.75, 3.05) is 15.9 Å². The summed E-state index contributed by atoms with van der Waals surface area (Å²) in [5.74, 6) is -0.303. The Labute approximate surface area is 221 Å². The number of halogens is 1. The molecule has 5 rings (SSSR count). The molecule has 4 aromatic rings. The van der Waals surface area contributed by atoms with Crippen molar-refractivity contribution in [1.29, 1.82) is 0 Å². The molecule has 37 heavy (non-hydrogen) atoms. The van der Waals surface area contributed by atoms with Gasteiger partial charge < -0.3 is 14.8 Å². The molecule has 7 nitrogen and oxygen atoms in total. The Balaban J connectivity index is 1.64. The highest BCUT2D eigenvalue weighted by Gasteiger charge is 2.42. The predicted molar refractivity (Wildman–Crippen MR) is 148 cm³/mol. The van der Waals surface area contributed by atoms with Crippen LogP contribution in [0.3, 0.4) is 0 Å². The molecule has 2 aromatic heterocycles. The topological polar surface area (TPSA) is 79.3 Å². The molecule has 0 unspecified atom stereocenters. The molecule has 0 amide bonds. The molecule has 1 saturated heterocycles. The van der Waals surface area contributed by atoms with Crippen molar-refractivity contribution in [3.63, 3.8) is 0 Å². The second-order valence-corrected chi connectivity index (χ2v) is 11.2. The van der Waals surface area contributed by atoms with E-state index in [0.29, 0.717) is 16.5 Å². The van der Waals surface area contributed by atoms with E-state index in [1.54, 1.807) is 30.5 Å². The maximum atomic E-state index is 14.8. The molecule has 190 valence electrons. The molecule has 1 aliphatic rings. The Kier molecular flexibility index (Phi) is 6.47. The summed E-state index contributed by atoms with van der Waals surface area (Å²) < 4.78 is 42.5. The van der Waals surface area contributed by atoms with Gasteiger partial charge in [-0.15, -0.1) is 0 Å². The molecule has 3 heterocycles. The van der Waals surface area contributed by atoms with Crippen LogP contribution in [0.5, 0.6) is 0 Å². The second-order valence-electron chi connectivity index (χ2n) is 9.03. The van der Waals surface area contributed by atoms with Crippen LogP contribution < -0.4 is 14.9 Å². The highest BCUT2D eigenvalue weighted by Crippen LogP contribution is 2.44. The Morgan fingerprint density at radius 1 is 1.03 bits per heavy atom. The zero-order valence-electron chi connectivity index (χ0n) is 20.5. The Hall–Kier alpha value is -3.76. The first-order valence-corrected chi connectivity index (χ1v) is 14.0. The molecule has 0 aliphatic carbocycles. The number of aryl methyl sites for hydroxylation is 1. The maximum Gasteiger partial charge on any atom is 0.229 e. The van der Waals surface area contributed by atoms with E-state index >= 15 is 0 Å². The van der Waals surface area contributed by atoms with Gasteiger partial charge in [0.1, 0.15) is 5.82 Å². The van der Waals surface area contributed by atoms with Gasteiger partial charge in [0, 0.05) is 29.0 Å². The van der Waals surface area contributed by atoms with Gasteiger partial charge in [0.25, 0.3) is 0 Å². The third-order valence-corrected chi connectivity index (χ3v) is 7.35. The molecule has 0 bridgehead atoms. The third-order valence-electron chi connectivity index (χ3n) is 6.43. The van der Waals surface area contributed by atoms with Gasteiger partial charge in [-0.3, -0.25) is 9.71 Å². The van der Waals surface area contributed by atoms with Crippen molar-refractivity contribution in [2.24, 2.45) is 0 Å². The number of aromatic nitrogens is 2. The zero-order chi connectivity index (χ0) is 26.3. The minimum Gasteiger partial charge on any atom is -0.351 e. The summed E-state index contributed by atoms with van der Waals surface area (Å²) in [6.07, 6.45) is 2.85. The van der Waals surface area contributed by atoms with Crippen LogP contribution in [0.15, 0.2) is 79.0 Å². The van der Waals surface area contributed by atoms with E-state index in [1.165, 1.54) is 6.07 Å². The van der Waals surface area contributed by atoms with Crippen LogP contribution in [0.1, 0.15) is 34.7 Å². The molecular formula is C27H26FN5O2S2. The van der Waals surface area contributed by atoms with Gasteiger partial charge >= 0.3 is 0 Å². The van der Waals surface area contributed by atoms with Crippen LogP contribution in [-0.4, -0.2) is 29.3 Å². The number of thiocarbonyl (C=S) groups is 1. The molecule has 0 radical (unpaired) electrons. The average molecular weight is 536 g/mol. The smallest absolute Gasteiger partial charge is 0.229 e. The van der Waals surface area contributed by atoms with Gasteiger partial charge in [-0.2, -0.15) is 0 Å². The minimum absolute atomic E-state index is 0.267. The lowest BCUT2D eigenvalue weighted by Gasteiger charge is -2.28. The van der Waals surface area contributed by atoms with Crippen LogP contribution in [0.25, 0.3) is 5.69 Å². The monoisotopic (exact) mass is 535 g/mol. The number of nitrogens with one attached hydrogen (secondary N) is 2. The number of nitrogens with zero attached hydrogens (tertiary/aromatic N) is 3. The molecule has 2 N–H and O–H groups in total. The first kappa shape index (κ1) is 24.9. The lowest BCUT2D eigenvalue weighted by atomic mass is 9.96. The highest BCUT2D eigenvalue weighted by atomic mass is 32.2. The summed E-state index contributed by atoms with van der Waals surface area (Å²) in [6.45, 7) is 3.93. The van der Waals surface area contributed by atoms with E-state index < -0.39 is 10.0 Å². The molecule has 2 atom stereocenters. The fraction of sp³-hybridized carbons (Fsp3) is 0.185. The van der Waals surface area contributed by atoms with E-state index in [2.05, 4.69) is 21.1 Å². The van der Waals surface area contributed by atoms with Gasteiger partial charge in [-0.05, 0) is 86.2 Å². The Morgan fingerprint density at radius 3 is 2.38 bits per heavy atom. The van der Waals surface area contributed by atoms with E-state index in [0.717, 1.165) is 34.6 Å². The average Bonchev–Trinajstić information content (AvgIpc) is 3.35. The second kappa shape index (κ2) is 9.60. The number of sulfonamides is 1. The molecule has 1 fully saturated rings. The zero-order valence-corrected chi connectivity index (χ0v) is 22.1. The first-order chi connectivity index (χ1) is 17.6. The largest absolute Gasteiger partial charge is 0.351 e. The van der Waals surface area contributed by atoms with Gasteiger partial charge in [-0.1, -0.05) is 18.2 Å². The summed E-state index contributed by atoms with van der Waals surface area (Å²) in [4.78, 5) is 6.60. The third kappa shape index (κ3) is 4.82. The quantitative estimate of drug-likeness (QED) is 0.332. The van der Waals surface area contributed by atoms with Crippen LogP contribution >= 0.6 is 12.2 Å². The summed E-state index contributed by atoms with van der Waals surface area (Å²) >= 11 is 5.80. The van der Waals surface area contributed by atoms with E-state index in [9.17, 15) is 12.8 Å². The van der Waals surface area contributed by atoms with E-state index in [1.807, 2.05) is 59.7 Å². The van der Waals surface area contributed by atoms with Gasteiger partial charge in [-0.25, -0.2) is 12.8 Å². The van der Waals surface area contributed by atoms with Crippen LogP contribution in [0, 0.1) is 19.7 Å². The number of rotatable bonds is 6. The van der Waals surface area contributed by atoms with Crippen molar-refractivity contribution in [1.82, 2.24) is 14.9 Å². The fourth-order valence-corrected chi connectivity index (χ4v) is 5.85. The van der Waals surface area contributed by atoms with Crippen LogP contribution in [-0.2, 0) is 10.0 Å². The number of hydrogen-bond donors (Lipinski definition) is 2. The number of pyridine rings is 1. The summed E-state index contributed by atoms with van der Waals surface area (Å²) in [5.41, 5.74) is 5.30.